The summed E-state index contributed by atoms with van der Waals surface area (Å²) in [5, 5.41) is 13.1. The van der Waals surface area contributed by atoms with Gasteiger partial charge in [0.05, 0.1) is 25.8 Å². The third kappa shape index (κ3) is 8.62. The maximum absolute atomic E-state index is 13.9. The molecule has 0 saturated carbocycles. The van der Waals surface area contributed by atoms with Gasteiger partial charge >= 0.3 is 5.97 Å². The Balaban J connectivity index is 2.11. The molecule has 2 heterocycles. The molecule has 11 heteroatoms. The van der Waals surface area contributed by atoms with Crippen molar-refractivity contribution >= 4 is 23.7 Å². The summed E-state index contributed by atoms with van der Waals surface area (Å²) in [6, 6.07) is -1.96. The van der Waals surface area contributed by atoms with E-state index in [4.69, 9.17) is 4.74 Å². The molecule has 2 rings (SSSR count). The summed E-state index contributed by atoms with van der Waals surface area (Å²) in [6.07, 6.45) is 2.23. The summed E-state index contributed by atoms with van der Waals surface area (Å²) >= 11 is 0. The number of aliphatic hydroxyl groups excluding tert-OH is 1. The van der Waals surface area contributed by atoms with Gasteiger partial charge in [0.2, 0.25) is 17.7 Å². The maximum atomic E-state index is 13.9. The summed E-state index contributed by atoms with van der Waals surface area (Å²) in [4.78, 5) is 59.2. The number of rotatable bonds is 10. The number of carbonyl (C=O) groups is 4. The van der Waals surface area contributed by atoms with Crippen LogP contribution in [0.3, 0.4) is 0 Å². The highest BCUT2D eigenvalue weighted by Gasteiger charge is 2.41. The normalized spacial score (nSPS) is 24.0. The Morgan fingerprint density at radius 1 is 1.10 bits per heavy atom. The van der Waals surface area contributed by atoms with Gasteiger partial charge < -0.3 is 25.0 Å². The van der Waals surface area contributed by atoms with E-state index in [1.807, 2.05) is 46.6 Å². The lowest BCUT2D eigenvalue weighted by atomic mass is 9.84. The van der Waals surface area contributed by atoms with E-state index < -0.39 is 29.6 Å². The van der Waals surface area contributed by atoms with Crippen molar-refractivity contribution in [2.45, 2.75) is 90.6 Å². The van der Waals surface area contributed by atoms with Gasteiger partial charge in [0.1, 0.15) is 12.1 Å². The lowest BCUT2D eigenvalue weighted by Crippen LogP contribution is -2.60. The molecule has 2 N–H and O–H groups in total. The number of likely N-dealkylation sites (tertiary alicyclic amines) is 2. The number of piperidine rings is 1. The number of amides is 3. The average molecular weight is 554 g/mol. The molecule has 3 unspecified atom stereocenters. The maximum Gasteiger partial charge on any atom is 0.328 e. The summed E-state index contributed by atoms with van der Waals surface area (Å²) < 4.78 is 4.81. The first-order valence-electron chi connectivity index (χ1n) is 14.1. The van der Waals surface area contributed by atoms with Crippen LogP contribution in [-0.2, 0) is 23.9 Å². The van der Waals surface area contributed by atoms with Crippen molar-refractivity contribution in [3.05, 3.63) is 0 Å². The molecule has 3 amide bonds. The van der Waals surface area contributed by atoms with Crippen molar-refractivity contribution in [2.24, 2.45) is 11.3 Å². The molecule has 0 spiro atoms. The summed E-state index contributed by atoms with van der Waals surface area (Å²) in [7, 11) is 6.77. The van der Waals surface area contributed by atoms with E-state index >= 15 is 0 Å². The number of β-amino-alcohol motifs (C(OH)–C–C–N with tert-alkyl or cyclic N) is 1. The average Bonchev–Trinajstić information content (AvgIpc) is 3.25. The number of likely N-dealkylation sites (N-methyl/N-ethyl adjacent to an activating group) is 3. The van der Waals surface area contributed by atoms with E-state index in [1.165, 1.54) is 12.0 Å². The van der Waals surface area contributed by atoms with Crippen LogP contribution >= 0.6 is 0 Å². The van der Waals surface area contributed by atoms with Gasteiger partial charge in [-0.15, -0.1) is 0 Å². The molecule has 0 aromatic rings. The van der Waals surface area contributed by atoms with Crippen molar-refractivity contribution in [2.75, 3.05) is 54.4 Å². The minimum absolute atomic E-state index is 0.0267. The molecule has 224 valence electrons. The lowest BCUT2D eigenvalue weighted by Gasteiger charge is -2.40. The smallest absolute Gasteiger partial charge is 0.328 e. The number of methoxy groups -OCH3 is 1. The number of esters is 1. The van der Waals surface area contributed by atoms with Gasteiger partial charge in [0, 0.05) is 32.6 Å². The van der Waals surface area contributed by atoms with Crippen molar-refractivity contribution in [1.82, 2.24) is 24.9 Å². The SMILES string of the molecule is COC(=O)[C@@H]1CC(O)CN1C(=O)CN(C)C[C@H](C(C)C)N(C)C(=O)C(NC(=O)C1CCCCN1C)C(C)(C)C. The highest BCUT2D eigenvalue weighted by Crippen LogP contribution is 2.25. The van der Waals surface area contributed by atoms with Crippen molar-refractivity contribution in [1.29, 1.82) is 0 Å². The van der Waals surface area contributed by atoms with Gasteiger partial charge in [-0.25, -0.2) is 4.79 Å². The predicted octanol–water partition coefficient (Wildman–Crippen LogP) is 0.551. The molecule has 39 heavy (non-hydrogen) atoms. The van der Waals surface area contributed by atoms with Gasteiger partial charge in [-0.1, -0.05) is 41.0 Å². The van der Waals surface area contributed by atoms with Crippen LogP contribution in [0.4, 0.5) is 0 Å². The van der Waals surface area contributed by atoms with Gasteiger partial charge in [0.25, 0.3) is 0 Å². The Bertz CT molecular complexity index is 875. The van der Waals surface area contributed by atoms with E-state index in [2.05, 4.69) is 10.2 Å². The van der Waals surface area contributed by atoms with Crippen molar-refractivity contribution < 1.29 is 29.0 Å². The number of aliphatic hydroxyl groups is 1. The second kappa shape index (κ2) is 13.9. The van der Waals surface area contributed by atoms with E-state index in [0.717, 1.165) is 25.8 Å². The highest BCUT2D eigenvalue weighted by molar-refractivity contribution is 5.90. The quantitative estimate of drug-likeness (QED) is 0.376. The molecule has 0 aromatic heterocycles. The van der Waals surface area contributed by atoms with E-state index in [9.17, 15) is 24.3 Å². The molecule has 0 aromatic carbocycles. The van der Waals surface area contributed by atoms with Crippen LogP contribution in [0.25, 0.3) is 0 Å². The molecule has 11 nitrogen and oxygen atoms in total. The number of ether oxygens (including phenoxy) is 1. The third-order valence-corrected chi connectivity index (χ3v) is 8.06. The molecule has 0 aliphatic carbocycles. The Labute approximate surface area is 234 Å². The number of carbonyl (C=O) groups excluding carboxylic acids is 4. The minimum atomic E-state index is -0.796. The van der Waals surface area contributed by atoms with E-state index in [1.54, 1.807) is 19.0 Å². The van der Waals surface area contributed by atoms with Crippen LogP contribution in [0.15, 0.2) is 0 Å². The first kappa shape index (κ1) is 33.0. The van der Waals surface area contributed by atoms with Gasteiger partial charge in [-0.05, 0) is 44.8 Å². The minimum Gasteiger partial charge on any atom is -0.467 e. The fourth-order valence-electron chi connectivity index (χ4n) is 5.60. The largest absolute Gasteiger partial charge is 0.467 e. The molecule has 2 fully saturated rings. The van der Waals surface area contributed by atoms with Gasteiger partial charge in [-0.2, -0.15) is 0 Å². The summed E-state index contributed by atoms with van der Waals surface area (Å²) in [5.74, 6) is -1.02. The molecular formula is C28H51N5O6. The predicted molar refractivity (Wildman–Crippen MR) is 149 cm³/mol. The monoisotopic (exact) mass is 553 g/mol. The van der Waals surface area contributed by atoms with Crippen LogP contribution in [0, 0.1) is 11.3 Å². The van der Waals surface area contributed by atoms with Gasteiger partial charge in [-0.3, -0.25) is 24.2 Å². The molecule has 2 aliphatic heterocycles. The zero-order chi connectivity index (χ0) is 29.7. The first-order valence-corrected chi connectivity index (χ1v) is 14.1. The zero-order valence-electron chi connectivity index (χ0n) is 25.4. The Morgan fingerprint density at radius 2 is 1.74 bits per heavy atom. The number of hydrogen-bond acceptors (Lipinski definition) is 8. The second-order valence-electron chi connectivity index (χ2n) is 12.7. The highest BCUT2D eigenvalue weighted by atomic mass is 16.5. The van der Waals surface area contributed by atoms with Crippen LogP contribution in [0.1, 0.15) is 60.3 Å². The zero-order valence-corrected chi connectivity index (χ0v) is 25.4. The van der Waals surface area contributed by atoms with Crippen LogP contribution < -0.4 is 5.32 Å². The number of hydrogen-bond donors (Lipinski definition) is 2. The molecule has 0 bridgehead atoms. The molecule has 2 saturated heterocycles. The van der Waals surface area contributed by atoms with E-state index in [-0.39, 0.29) is 55.2 Å². The standard InChI is InChI=1S/C28H51N5O6/c1-18(2)22(16-30(6)17-23(35)33-15-19(34)14-21(33)27(38)39-9)32(8)26(37)24(28(3,4)5)29-25(36)20-12-10-11-13-31(20)7/h18-22,24,34H,10-17H2,1-9H3,(H,29,36)/t19?,20?,21-,22+,24?/m0/s1. The Hall–Kier alpha value is -2.24. The summed E-state index contributed by atoms with van der Waals surface area (Å²) in [5.41, 5.74) is -0.503. The van der Waals surface area contributed by atoms with Crippen molar-refractivity contribution in [3.63, 3.8) is 0 Å². The number of nitrogens with one attached hydrogen (secondary N) is 1. The Morgan fingerprint density at radius 3 is 2.28 bits per heavy atom. The molecular weight excluding hydrogens is 502 g/mol. The Kier molecular flexibility index (Phi) is 11.7. The van der Waals surface area contributed by atoms with E-state index in [0.29, 0.717) is 6.54 Å². The topological polar surface area (TPSA) is 123 Å². The lowest BCUT2D eigenvalue weighted by molar-refractivity contribution is -0.151. The molecule has 0 radical (unpaired) electrons. The van der Waals surface area contributed by atoms with Crippen LogP contribution in [0.5, 0.6) is 0 Å². The second-order valence-corrected chi connectivity index (χ2v) is 12.7. The van der Waals surface area contributed by atoms with Crippen molar-refractivity contribution in [3.8, 4) is 0 Å². The first-order chi connectivity index (χ1) is 18.1. The fourth-order valence-corrected chi connectivity index (χ4v) is 5.60. The number of nitrogens with zero attached hydrogens (tertiary/aromatic N) is 4. The fraction of sp³-hybridized carbons (Fsp3) is 0.857. The third-order valence-electron chi connectivity index (χ3n) is 8.06. The molecule has 5 atom stereocenters. The summed E-state index contributed by atoms with van der Waals surface area (Å²) in [6.45, 7) is 11.3. The molecule has 2 aliphatic rings. The van der Waals surface area contributed by atoms with Gasteiger partial charge in [0.15, 0.2) is 0 Å². The van der Waals surface area contributed by atoms with Crippen LogP contribution in [0.2, 0.25) is 0 Å². The van der Waals surface area contributed by atoms with Crippen LogP contribution in [-0.4, -0.2) is 133 Å².